The molecule has 4 rings (SSSR count). The Morgan fingerprint density at radius 2 is 1.74 bits per heavy atom. The van der Waals surface area contributed by atoms with Crippen LogP contribution in [0.3, 0.4) is 0 Å². The van der Waals surface area contributed by atoms with E-state index in [0.717, 1.165) is 29.5 Å². The van der Waals surface area contributed by atoms with Gasteiger partial charge in [-0.2, -0.15) is 0 Å². The lowest BCUT2D eigenvalue weighted by atomic mass is 10.0. The number of hydrogen-bond donors (Lipinski definition) is 0. The van der Waals surface area contributed by atoms with Gasteiger partial charge in [0, 0.05) is 38.8 Å². The summed E-state index contributed by atoms with van der Waals surface area (Å²) in [6.07, 6.45) is 1.23. The van der Waals surface area contributed by atoms with E-state index >= 15 is 0 Å². The van der Waals surface area contributed by atoms with E-state index in [1.165, 1.54) is 4.90 Å². The molecule has 2 aliphatic rings. The highest BCUT2D eigenvalue weighted by Crippen LogP contribution is 2.24. The van der Waals surface area contributed by atoms with Crippen molar-refractivity contribution in [1.82, 2.24) is 14.7 Å². The number of carbonyl (C=O) groups is 2. The Kier molecular flexibility index (Phi) is 6.06. The van der Waals surface area contributed by atoms with E-state index in [9.17, 15) is 18.4 Å². The molecule has 0 atom stereocenters. The van der Waals surface area contributed by atoms with Gasteiger partial charge in [0.05, 0.1) is 12.7 Å². The quantitative estimate of drug-likeness (QED) is 0.731. The highest BCUT2D eigenvalue weighted by Gasteiger charge is 2.36. The third kappa shape index (κ3) is 4.47. The van der Waals surface area contributed by atoms with Crippen LogP contribution in [-0.4, -0.2) is 66.0 Å². The molecule has 0 saturated carbocycles. The summed E-state index contributed by atoms with van der Waals surface area (Å²) in [6.45, 7) is 2.64. The average molecular weight is 429 g/mol. The predicted molar refractivity (Wildman–Crippen MR) is 111 cm³/mol. The van der Waals surface area contributed by atoms with Gasteiger partial charge in [-0.25, -0.2) is 13.6 Å². The van der Waals surface area contributed by atoms with Crippen molar-refractivity contribution in [3.63, 3.8) is 0 Å². The molecule has 2 aromatic carbocycles. The van der Waals surface area contributed by atoms with Gasteiger partial charge in [-0.1, -0.05) is 12.1 Å². The Balaban J connectivity index is 1.33. The molecular weight excluding hydrogens is 404 g/mol. The third-order valence-corrected chi connectivity index (χ3v) is 6.01. The molecule has 2 aromatic rings. The van der Waals surface area contributed by atoms with Gasteiger partial charge < -0.3 is 19.4 Å². The Bertz CT molecular complexity index is 959. The van der Waals surface area contributed by atoms with E-state index in [2.05, 4.69) is 0 Å². The first-order chi connectivity index (χ1) is 15.0. The Labute approximate surface area is 180 Å². The zero-order chi connectivity index (χ0) is 22.0. The van der Waals surface area contributed by atoms with Crippen molar-refractivity contribution in [3.05, 3.63) is 65.2 Å². The van der Waals surface area contributed by atoms with Gasteiger partial charge in [0.25, 0.3) is 5.91 Å². The van der Waals surface area contributed by atoms with Crippen molar-refractivity contribution in [2.24, 2.45) is 0 Å². The molecule has 3 amide bonds. The Morgan fingerprint density at radius 1 is 1.03 bits per heavy atom. The van der Waals surface area contributed by atoms with Crippen LogP contribution in [0.4, 0.5) is 13.6 Å². The minimum Gasteiger partial charge on any atom is -0.497 e. The fourth-order valence-corrected chi connectivity index (χ4v) is 4.25. The van der Waals surface area contributed by atoms with Crippen LogP contribution in [0.15, 0.2) is 42.5 Å². The summed E-state index contributed by atoms with van der Waals surface area (Å²) < 4.78 is 32.5. The van der Waals surface area contributed by atoms with Gasteiger partial charge in [-0.05, 0) is 48.7 Å². The molecule has 0 unspecified atom stereocenters. The maximum absolute atomic E-state index is 13.9. The summed E-state index contributed by atoms with van der Waals surface area (Å²) in [6, 6.07) is 10.6. The largest absolute Gasteiger partial charge is 0.497 e. The first-order valence-electron chi connectivity index (χ1n) is 10.4. The van der Waals surface area contributed by atoms with Crippen LogP contribution in [0.5, 0.6) is 5.75 Å². The first-order valence-corrected chi connectivity index (χ1v) is 10.4. The number of methoxy groups -OCH3 is 1. The van der Waals surface area contributed by atoms with Crippen molar-refractivity contribution in [2.45, 2.75) is 25.4 Å². The van der Waals surface area contributed by atoms with Crippen LogP contribution in [-0.2, 0) is 6.54 Å². The van der Waals surface area contributed by atoms with E-state index in [4.69, 9.17) is 4.74 Å². The molecular formula is C23H25F2N3O3. The fourth-order valence-electron chi connectivity index (χ4n) is 4.25. The normalized spacial score (nSPS) is 17.4. The molecule has 0 N–H and O–H groups in total. The maximum atomic E-state index is 13.9. The number of hydrogen-bond acceptors (Lipinski definition) is 3. The van der Waals surface area contributed by atoms with E-state index < -0.39 is 17.5 Å². The predicted octanol–water partition coefficient (Wildman–Crippen LogP) is 3.52. The van der Waals surface area contributed by atoms with Crippen molar-refractivity contribution in [2.75, 3.05) is 33.3 Å². The molecule has 2 heterocycles. The number of ether oxygens (including phenoxy) is 1. The van der Waals surface area contributed by atoms with E-state index in [1.54, 1.807) is 7.11 Å². The Hall–Kier alpha value is -3.16. The van der Waals surface area contributed by atoms with E-state index in [0.29, 0.717) is 45.6 Å². The molecule has 0 radical (unpaired) electrons. The first kappa shape index (κ1) is 21.1. The number of benzene rings is 2. The number of amides is 3. The van der Waals surface area contributed by atoms with Gasteiger partial charge in [-0.15, -0.1) is 0 Å². The smallest absolute Gasteiger partial charge is 0.320 e. The second-order valence-corrected chi connectivity index (χ2v) is 7.89. The third-order valence-electron chi connectivity index (χ3n) is 6.01. The molecule has 2 fully saturated rings. The van der Waals surface area contributed by atoms with Crippen LogP contribution in [0.25, 0.3) is 0 Å². The summed E-state index contributed by atoms with van der Waals surface area (Å²) >= 11 is 0. The number of likely N-dealkylation sites (tertiary alicyclic amines) is 1. The van der Waals surface area contributed by atoms with Gasteiger partial charge in [0.1, 0.15) is 17.4 Å². The second-order valence-electron chi connectivity index (χ2n) is 7.89. The van der Waals surface area contributed by atoms with Crippen molar-refractivity contribution >= 4 is 11.9 Å². The number of urea groups is 1. The average Bonchev–Trinajstić information content (AvgIpc) is 3.15. The Morgan fingerprint density at radius 3 is 2.42 bits per heavy atom. The molecule has 0 aliphatic carbocycles. The monoisotopic (exact) mass is 429 g/mol. The molecule has 0 aromatic heterocycles. The zero-order valence-corrected chi connectivity index (χ0v) is 17.4. The minimum absolute atomic E-state index is 0.00299. The zero-order valence-electron chi connectivity index (χ0n) is 17.4. The highest BCUT2D eigenvalue weighted by atomic mass is 19.1. The molecule has 8 heteroatoms. The molecule has 0 spiro atoms. The van der Waals surface area contributed by atoms with E-state index in [-0.39, 0.29) is 17.6 Å². The van der Waals surface area contributed by atoms with Crippen molar-refractivity contribution in [1.29, 1.82) is 0 Å². The molecule has 164 valence electrons. The van der Waals surface area contributed by atoms with Crippen LogP contribution in [0.2, 0.25) is 0 Å². The van der Waals surface area contributed by atoms with Gasteiger partial charge in [0.15, 0.2) is 0 Å². The SMILES string of the molecule is COc1ccc(CN2CCN(C3CCN(C(=O)c4cc(F)ccc4F)CC3)C2=O)cc1. The topological polar surface area (TPSA) is 53.1 Å². The second kappa shape index (κ2) is 8.91. The lowest BCUT2D eigenvalue weighted by Gasteiger charge is -2.36. The number of carbonyl (C=O) groups excluding carboxylic acids is 2. The number of piperidine rings is 1. The van der Waals surface area contributed by atoms with Crippen LogP contribution >= 0.6 is 0 Å². The lowest BCUT2D eigenvalue weighted by Crippen LogP contribution is -2.48. The lowest BCUT2D eigenvalue weighted by molar-refractivity contribution is 0.0658. The molecule has 0 bridgehead atoms. The maximum Gasteiger partial charge on any atom is 0.320 e. The van der Waals surface area contributed by atoms with Gasteiger partial charge in [0.2, 0.25) is 0 Å². The summed E-state index contributed by atoms with van der Waals surface area (Å²) in [4.78, 5) is 30.7. The van der Waals surface area contributed by atoms with Crippen LogP contribution in [0.1, 0.15) is 28.8 Å². The van der Waals surface area contributed by atoms with Crippen LogP contribution < -0.4 is 4.74 Å². The summed E-state index contributed by atoms with van der Waals surface area (Å²) in [5, 5.41) is 0. The number of halogens is 2. The number of nitrogens with zero attached hydrogens (tertiary/aromatic N) is 3. The summed E-state index contributed by atoms with van der Waals surface area (Å²) in [5.74, 6) is -1.10. The van der Waals surface area contributed by atoms with Gasteiger partial charge >= 0.3 is 6.03 Å². The standard InChI is InChI=1S/C23H25F2N3O3/c1-31-19-5-2-16(3-6-19)15-27-12-13-28(23(27)30)18-8-10-26(11-9-18)22(29)20-14-17(24)4-7-21(20)25/h2-7,14,18H,8-13,15H2,1H3. The molecule has 2 aliphatic heterocycles. The molecule has 2 saturated heterocycles. The van der Waals surface area contributed by atoms with Crippen molar-refractivity contribution < 1.29 is 23.1 Å². The summed E-state index contributed by atoms with van der Waals surface area (Å²) in [7, 11) is 1.62. The van der Waals surface area contributed by atoms with E-state index in [1.807, 2.05) is 34.1 Å². The molecule has 31 heavy (non-hydrogen) atoms. The minimum atomic E-state index is -0.725. The number of rotatable bonds is 5. The van der Waals surface area contributed by atoms with Crippen LogP contribution in [0, 0.1) is 11.6 Å². The summed E-state index contributed by atoms with van der Waals surface area (Å²) in [5.41, 5.74) is 0.787. The highest BCUT2D eigenvalue weighted by molar-refractivity contribution is 5.94. The fraction of sp³-hybridized carbons (Fsp3) is 0.391. The molecule has 6 nitrogen and oxygen atoms in total. The van der Waals surface area contributed by atoms with Gasteiger partial charge in [-0.3, -0.25) is 4.79 Å². The van der Waals surface area contributed by atoms with Crippen molar-refractivity contribution in [3.8, 4) is 5.75 Å².